The van der Waals surface area contributed by atoms with Crippen molar-refractivity contribution >= 4 is 39.9 Å². The molecule has 0 radical (unpaired) electrons. The van der Waals surface area contributed by atoms with Crippen molar-refractivity contribution in [3.63, 3.8) is 0 Å². The van der Waals surface area contributed by atoms with Crippen LogP contribution in [0.25, 0.3) is 28.0 Å². The van der Waals surface area contributed by atoms with Gasteiger partial charge in [-0.3, -0.25) is 14.2 Å². The van der Waals surface area contributed by atoms with Crippen LogP contribution in [0.5, 0.6) is 0 Å². The van der Waals surface area contributed by atoms with E-state index in [4.69, 9.17) is 11.6 Å². The number of carbonyl (C=O) groups is 1. The maximum absolute atomic E-state index is 15.1. The molecule has 3 aromatic rings. The lowest BCUT2D eigenvalue weighted by Gasteiger charge is -2.45. The molecule has 2 aromatic heterocycles. The Labute approximate surface area is 272 Å². The first kappa shape index (κ1) is 33.7. The quantitative estimate of drug-likeness (QED) is 0.149. The summed E-state index contributed by atoms with van der Waals surface area (Å²) >= 11 is 6.54. The molecule has 47 heavy (non-hydrogen) atoms. The number of dihydropyridines is 1. The highest BCUT2D eigenvalue weighted by molar-refractivity contribution is 6.34. The van der Waals surface area contributed by atoms with Crippen molar-refractivity contribution in [1.82, 2.24) is 19.8 Å². The number of carbonyl (C=O) groups excluding carboxylic acids is 1. The van der Waals surface area contributed by atoms with Crippen LogP contribution in [0, 0.1) is 46.3 Å². The maximum Gasteiger partial charge on any atom is 0.276 e. The highest BCUT2D eigenvalue weighted by Crippen LogP contribution is 2.40. The van der Waals surface area contributed by atoms with Gasteiger partial charge < -0.3 is 15.1 Å². The standard InChI is InChI=1S/C33H30ClF5N6O2/c1-7-21(46)44-16(5)12-43(13-17(44)6)31-18-10-20(34)29(22-23(35)25(37)27(39)26(38)24(22)36)42-32(18)45(33(47)19(31)11-40)30-15(4)8-9-41-28(30)14(2)3/h7-10,14,16-17,28,41H,1,12-13H2,2-6H3/t16-,17+,28?. The normalized spacial score (nSPS) is 19.8. The minimum absolute atomic E-state index is 0.102. The van der Waals surface area contributed by atoms with E-state index >= 15 is 8.78 Å². The van der Waals surface area contributed by atoms with E-state index in [2.05, 4.69) is 16.9 Å². The Balaban J connectivity index is 1.92. The largest absolute Gasteiger partial charge is 0.382 e. The summed E-state index contributed by atoms with van der Waals surface area (Å²) in [6.07, 6.45) is 4.57. The second kappa shape index (κ2) is 12.5. The van der Waals surface area contributed by atoms with Gasteiger partial charge in [-0.1, -0.05) is 32.0 Å². The summed E-state index contributed by atoms with van der Waals surface area (Å²) in [5.41, 5.74) is -2.45. The van der Waals surface area contributed by atoms with Crippen molar-refractivity contribution in [3.05, 3.63) is 86.6 Å². The number of amides is 1. The molecular formula is C33H30ClF5N6O2. The predicted molar refractivity (Wildman–Crippen MR) is 169 cm³/mol. The first-order chi connectivity index (χ1) is 22.2. The molecule has 1 N–H and O–H groups in total. The van der Waals surface area contributed by atoms with Gasteiger partial charge in [0.15, 0.2) is 23.3 Å². The fraction of sp³-hybridized carbons (Fsp3) is 0.333. The van der Waals surface area contributed by atoms with E-state index in [9.17, 15) is 28.0 Å². The molecule has 8 nitrogen and oxygen atoms in total. The summed E-state index contributed by atoms with van der Waals surface area (Å²) < 4.78 is 74.1. The third-order valence-corrected chi connectivity index (χ3v) is 8.80. The third kappa shape index (κ3) is 5.34. The molecule has 0 bridgehead atoms. The smallest absolute Gasteiger partial charge is 0.276 e. The van der Waals surface area contributed by atoms with Crippen LogP contribution in [0.1, 0.15) is 40.2 Å². The minimum Gasteiger partial charge on any atom is -0.382 e. The number of nitriles is 1. The van der Waals surface area contributed by atoms with Gasteiger partial charge in [0.05, 0.1) is 33.7 Å². The summed E-state index contributed by atoms with van der Waals surface area (Å²) in [5.74, 6) is -11.5. The third-order valence-electron chi connectivity index (χ3n) is 8.51. The molecule has 1 amide bonds. The minimum atomic E-state index is -2.35. The molecule has 5 rings (SSSR count). The zero-order valence-electron chi connectivity index (χ0n) is 26.1. The Hall–Kier alpha value is -4.70. The molecule has 3 atom stereocenters. The molecular weight excluding hydrogens is 643 g/mol. The molecule has 1 fully saturated rings. The van der Waals surface area contributed by atoms with Crippen LogP contribution in [0.2, 0.25) is 5.02 Å². The SMILES string of the molecule is C=CC(=O)N1[C@H](C)CN(c2c(C#N)c(=O)n(C3=C(C)C=CNC3C(C)C)c3nc(-c4c(F)c(F)c(F)c(F)c4F)c(Cl)cc23)C[C@@H]1C. The molecule has 1 unspecified atom stereocenters. The van der Waals surface area contributed by atoms with E-state index in [-0.39, 0.29) is 47.2 Å². The van der Waals surface area contributed by atoms with Crippen LogP contribution in [0.3, 0.4) is 0 Å². The molecule has 2 aliphatic heterocycles. The number of allylic oxidation sites excluding steroid dienone is 2. The number of piperazine rings is 1. The van der Waals surface area contributed by atoms with Crippen molar-refractivity contribution in [2.24, 2.45) is 5.92 Å². The molecule has 0 aliphatic carbocycles. The highest BCUT2D eigenvalue weighted by Gasteiger charge is 2.37. The number of rotatable bonds is 5. The molecule has 1 saturated heterocycles. The van der Waals surface area contributed by atoms with Crippen molar-refractivity contribution in [3.8, 4) is 17.3 Å². The number of hydrogen-bond donors (Lipinski definition) is 1. The van der Waals surface area contributed by atoms with Gasteiger partial charge in [-0.25, -0.2) is 26.9 Å². The second-order valence-corrected chi connectivity index (χ2v) is 12.4. The maximum atomic E-state index is 15.1. The summed E-state index contributed by atoms with van der Waals surface area (Å²) in [5, 5.41) is 13.2. The van der Waals surface area contributed by atoms with Gasteiger partial charge in [0.2, 0.25) is 11.7 Å². The monoisotopic (exact) mass is 672 g/mol. The number of halogens is 6. The Kier molecular flexibility index (Phi) is 8.94. The zero-order valence-corrected chi connectivity index (χ0v) is 26.8. The van der Waals surface area contributed by atoms with Crippen molar-refractivity contribution in [2.75, 3.05) is 18.0 Å². The van der Waals surface area contributed by atoms with Gasteiger partial charge in [0.1, 0.15) is 17.3 Å². The lowest BCUT2D eigenvalue weighted by atomic mass is 9.94. The highest BCUT2D eigenvalue weighted by atomic mass is 35.5. The Morgan fingerprint density at radius 1 is 1.11 bits per heavy atom. The van der Waals surface area contributed by atoms with E-state index < -0.39 is 69.1 Å². The fourth-order valence-electron chi connectivity index (χ4n) is 6.46. The predicted octanol–water partition coefficient (Wildman–Crippen LogP) is 6.27. The molecule has 1 aromatic carbocycles. The van der Waals surface area contributed by atoms with Gasteiger partial charge in [-0.2, -0.15) is 5.26 Å². The molecule has 4 heterocycles. The summed E-state index contributed by atoms with van der Waals surface area (Å²) in [4.78, 5) is 34.8. The number of anilines is 1. The average Bonchev–Trinajstić information content (AvgIpc) is 3.02. The van der Waals surface area contributed by atoms with Crippen molar-refractivity contribution in [2.45, 2.75) is 52.7 Å². The number of pyridine rings is 2. The van der Waals surface area contributed by atoms with Gasteiger partial charge in [-0.15, -0.1) is 0 Å². The van der Waals surface area contributed by atoms with Gasteiger partial charge in [-0.05, 0) is 56.7 Å². The van der Waals surface area contributed by atoms with E-state index in [0.29, 0.717) is 11.3 Å². The molecule has 0 spiro atoms. The van der Waals surface area contributed by atoms with Crippen molar-refractivity contribution in [1.29, 1.82) is 5.26 Å². The van der Waals surface area contributed by atoms with Crippen LogP contribution < -0.4 is 15.8 Å². The molecule has 14 heteroatoms. The number of fused-ring (bicyclic) bond motifs is 1. The molecule has 246 valence electrons. The number of hydrogen-bond acceptors (Lipinski definition) is 6. The average molecular weight is 673 g/mol. The molecule has 0 saturated carbocycles. The van der Waals surface area contributed by atoms with E-state index in [1.807, 2.05) is 19.9 Å². The van der Waals surface area contributed by atoms with Crippen LogP contribution in [-0.2, 0) is 4.79 Å². The first-order valence-corrected chi connectivity index (χ1v) is 15.1. The number of aromatic nitrogens is 2. The zero-order chi connectivity index (χ0) is 34.6. The lowest BCUT2D eigenvalue weighted by molar-refractivity contribution is -0.130. The summed E-state index contributed by atoms with van der Waals surface area (Å²) in [7, 11) is 0. The fourth-order valence-corrected chi connectivity index (χ4v) is 6.71. The Morgan fingerprint density at radius 3 is 2.21 bits per heavy atom. The lowest BCUT2D eigenvalue weighted by Crippen LogP contribution is -2.58. The van der Waals surface area contributed by atoms with Crippen LogP contribution in [0.4, 0.5) is 27.6 Å². The summed E-state index contributed by atoms with van der Waals surface area (Å²) in [6, 6.07) is 1.88. The van der Waals surface area contributed by atoms with E-state index in [1.165, 1.54) is 12.1 Å². The number of nitrogens with one attached hydrogen (secondary N) is 1. The first-order valence-electron chi connectivity index (χ1n) is 14.7. The van der Waals surface area contributed by atoms with E-state index in [0.717, 1.165) is 4.57 Å². The van der Waals surface area contributed by atoms with Gasteiger partial charge in [0.25, 0.3) is 5.56 Å². The second-order valence-electron chi connectivity index (χ2n) is 12.0. The summed E-state index contributed by atoms with van der Waals surface area (Å²) in [6.45, 7) is 12.9. The van der Waals surface area contributed by atoms with Crippen LogP contribution in [0.15, 0.2) is 41.4 Å². The number of nitrogens with zero attached hydrogens (tertiary/aromatic N) is 5. The van der Waals surface area contributed by atoms with Gasteiger partial charge >= 0.3 is 0 Å². The Morgan fingerprint density at radius 2 is 1.68 bits per heavy atom. The number of benzene rings is 1. The molecule has 2 aliphatic rings. The Bertz CT molecular complexity index is 1980. The van der Waals surface area contributed by atoms with Crippen molar-refractivity contribution < 1.29 is 26.7 Å². The van der Waals surface area contributed by atoms with Crippen LogP contribution >= 0.6 is 11.6 Å². The van der Waals surface area contributed by atoms with E-state index in [1.54, 1.807) is 42.8 Å². The topological polar surface area (TPSA) is 94.3 Å². The van der Waals surface area contributed by atoms with Gasteiger partial charge in [0, 0.05) is 30.6 Å². The van der Waals surface area contributed by atoms with Crippen LogP contribution in [-0.4, -0.2) is 51.6 Å².